The zero-order valence-electron chi connectivity index (χ0n) is 14.0. The van der Waals surface area contributed by atoms with Crippen LogP contribution in [0.4, 0.5) is 0 Å². The van der Waals surface area contributed by atoms with Crippen LogP contribution in [0.5, 0.6) is 0 Å². The number of carboxylic acid groups (broad SMARTS) is 1. The van der Waals surface area contributed by atoms with Crippen molar-refractivity contribution >= 4 is 38.1 Å². The molecule has 27 heavy (non-hydrogen) atoms. The fourth-order valence-corrected chi connectivity index (χ4v) is 3.46. The number of nitrogens with one attached hydrogen (secondary N) is 2. The third-order valence-corrected chi connectivity index (χ3v) is 5.15. The highest BCUT2D eigenvalue weighted by Crippen LogP contribution is 2.25. The number of nitrogens with zero attached hydrogens (tertiary/aromatic N) is 1. The molecule has 10 nitrogen and oxygen atoms in total. The fourth-order valence-electron chi connectivity index (χ4n) is 2.82. The van der Waals surface area contributed by atoms with E-state index in [1.807, 2.05) is 0 Å². The Morgan fingerprint density at radius 1 is 1.22 bits per heavy atom. The monoisotopic (exact) mass is 393 g/mol. The molecule has 0 unspecified atom stereocenters. The first-order valence-electron chi connectivity index (χ1n) is 7.64. The summed E-state index contributed by atoms with van der Waals surface area (Å²) < 4.78 is 24.8. The number of benzene rings is 1. The molecule has 4 N–H and O–H groups in total. The van der Waals surface area contributed by atoms with E-state index < -0.39 is 46.0 Å². The molecule has 3 rings (SSSR count). The van der Waals surface area contributed by atoms with Crippen molar-refractivity contribution in [3.8, 4) is 0 Å². The summed E-state index contributed by atoms with van der Waals surface area (Å²) in [6.45, 7) is -1.34. The van der Waals surface area contributed by atoms with Crippen LogP contribution in [0.1, 0.15) is 15.9 Å². The maximum Gasteiger partial charge on any atom is 0.322 e. The predicted molar refractivity (Wildman–Crippen MR) is 94.5 cm³/mol. The number of sulfone groups is 1. The lowest BCUT2D eigenvalue weighted by molar-refractivity contribution is -0.135. The molecule has 11 heteroatoms. The summed E-state index contributed by atoms with van der Waals surface area (Å²) in [6.07, 6.45) is 1.05. The zero-order chi connectivity index (χ0) is 19.9. The molecule has 0 spiro atoms. The minimum absolute atomic E-state index is 0.00116. The number of aliphatic hydroxyl groups is 1. The smallest absolute Gasteiger partial charge is 0.322 e. The van der Waals surface area contributed by atoms with Crippen molar-refractivity contribution in [2.24, 2.45) is 0 Å². The average Bonchev–Trinajstić information content (AvgIpc) is 2.95. The van der Waals surface area contributed by atoms with Gasteiger partial charge in [-0.2, -0.15) is 0 Å². The van der Waals surface area contributed by atoms with Crippen molar-refractivity contribution in [3.05, 3.63) is 45.7 Å². The standard InChI is InChI=1S/C16H15N3O7S/c1-27(25,26)9-3-2-8-4-12-10(7-20)14(15(23)17-6-13(21)22)16(24)18-19(12)11(8)5-9/h2-5,20H,6-7H2,1H3,(H,17,23)(H,18,24)(H,21,22). The number of rotatable bonds is 5. The van der Waals surface area contributed by atoms with Crippen LogP contribution in [0.15, 0.2) is 34.0 Å². The van der Waals surface area contributed by atoms with E-state index in [1.54, 1.807) is 12.1 Å². The van der Waals surface area contributed by atoms with Gasteiger partial charge in [-0.05, 0) is 18.2 Å². The highest BCUT2D eigenvalue weighted by molar-refractivity contribution is 7.90. The Balaban J connectivity index is 2.29. The molecule has 142 valence electrons. The number of aliphatic hydroxyl groups excluding tert-OH is 1. The number of hydrogen-bond acceptors (Lipinski definition) is 6. The summed E-state index contributed by atoms with van der Waals surface area (Å²) in [6, 6.07) is 5.91. The molecule has 0 aliphatic heterocycles. The molecule has 2 aromatic heterocycles. The maximum atomic E-state index is 12.4. The van der Waals surface area contributed by atoms with Gasteiger partial charge in [0.2, 0.25) is 0 Å². The van der Waals surface area contributed by atoms with Crippen LogP contribution in [0.2, 0.25) is 0 Å². The molecule has 1 amide bonds. The Labute approximate surface area is 151 Å². The molecule has 0 aliphatic rings. The van der Waals surface area contributed by atoms with Gasteiger partial charge >= 0.3 is 5.97 Å². The molecule has 0 saturated carbocycles. The Bertz CT molecular complexity index is 1250. The van der Waals surface area contributed by atoms with Crippen LogP contribution >= 0.6 is 0 Å². The Kier molecular flexibility index (Phi) is 4.49. The Morgan fingerprint density at radius 3 is 2.52 bits per heavy atom. The number of amides is 1. The summed E-state index contributed by atoms with van der Waals surface area (Å²) in [5.74, 6) is -2.22. The molecule has 0 radical (unpaired) electrons. The van der Waals surface area contributed by atoms with E-state index in [1.165, 1.54) is 16.6 Å². The molecule has 0 atom stereocenters. The molecular weight excluding hydrogens is 378 g/mol. The zero-order valence-corrected chi connectivity index (χ0v) is 14.8. The van der Waals surface area contributed by atoms with Gasteiger partial charge in [-0.3, -0.25) is 24.0 Å². The molecular formula is C16H15N3O7S. The van der Waals surface area contributed by atoms with Gasteiger partial charge in [-0.1, -0.05) is 6.07 Å². The van der Waals surface area contributed by atoms with Gasteiger partial charge in [0.15, 0.2) is 9.84 Å². The summed E-state index contributed by atoms with van der Waals surface area (Å²) in [5, 5.41) is 23.5. The van der Waals surface area contributed by atoms with Gasteiger partial charge in [-0.25, -0.2) is 8.42 Å². The number of carboxylic acids is 1. The fraction of sp³-hybridized carbons (Fsp3) is 0.188. The quantitative estimate of drug-likeness (QED) is 0.454. The highest BCUT2D eigenvalue weighted by Gasteiger charge is 2.21. The number of fused-ring (bicyclic) bond motifs is 3. The van der Waals surface area contributed by atoms with Crippen LogP contribution in [0.3, 0.4) is 0 Å². The molecule has 0 aliphatic carbocycles. The second-order valence-corrected chi connectivity index (χ2v) is 7.90. The van der Waals surface area contributed by atoms with E-state index in [0.29, 0.717) is 16.4 Å². The number of aliphatic carboxylic acids is 1. The number of aromatic nitrogens is 2. The summed E-state index contributed by atoms with van der Waals surface area (Å²) in [7, 11) is -3.48. The molecule has 2 heterocycles. The second-order valence-electron chi connectivity index (χ2n) is 5.89. The van der Waals surface area contributed by atoms with E-state index in [0.717, 1.165) is 6.26 Å². The summed E-state index contributed by atoms with van der Waals surface area (Å²) in [5.41, 5.74) is -0.594. The van der Waals surface area contributed by atoms with Crippen LogP contribution in [0.25, 0.3) is 16.4 Å². The van der Waals surface area contributed by atoms with Crippen molar-refractivity contribution in [1.29, 1.82) is 0 Å². The SMILES string of the molecule is CS(=O)(=O)c1ccc2cc3c(CO)c(C(=O)NCC(=O)O)c(=O)[nH]n3c2c1. The first-order chi connectivity index (χ1) is 12.6. The lowest BCUT2D eigenvalue weighted by Crippen LogP contribution is -2.35. The van der Waals surface area contributed by atoms with E-state index in [9.17, 15) is 27.9 Å². The van der Waals surface area contributed by atoms with Crippen LogP contribution in [-0.2, 0) is 21.2 Å². The molecule has 3 aromatic rings. The number of H-pyrrole nitrogens is 1. The van der Waals surface area contributed by atoms with Crippen LogP contribution < -0.4 is 10.9 Å². The highest BCUT2D eigenvalue weighted by atomic mass is 32.2. The van der Waals surface area contributed by atoms with E-state index in [4.69, 9.17) is 5.11 Å². The van der Waals surface area contributed by atoms with Gasteiger partial charge in [0.05, 0.1) is 22.5 Å². The van der Waals surface area contributed by atoms with Gasteiger partial charge in [0, 0.05) is 17.2 Å². The number of aromatic amines is 1. The van der Waals surface area contributed by atoms with Crippen molar-refractivity contribution in [1.82, 2.24) is 14.9 Å². The second kappa shape index (κ2) is 6.52. The number of carbonyl (C=O) groups excluding carboxylic acids is 1. The first kappa shape index (κ1) is 18.6. The van der Waals surface area contributed by atoms with Crippen molar-refractivity contribution < 1.29 is 28.2 Å². The van der Waals surface area contributed by atoms with Gasteiger partial charge in [-0.15, -0.1) is 0 Å². The molecule has 0 fully saturated rings. The van der Waals surface area contributed by atoms with Gasteiger partial charge in [0.25, 0.3) is 11.5 Å². The molecule has 0 bridgehead atoms. The predicted octanol–water partition coefficient (Wildman–Crippen LogP) is -0.509. The average molecular weight is 393 g/mol. The van der Waals surface area contributed by atoms with Crippen molar-refractivity contribution in [2.45, 2.75) is 11.5 Å². The largest absolute Gasteiger partial charge is 0.480 e. The van der Waals surface area contributed by atoms with Crippen molar-refractivity contribution in [2.75, 3.05) is 12.8 Å². The van der Waals surface area contributed by atoms with Gasteiger partial charge < -0.3 is 15.5 Å². The van der Waals surface area contributed by atoms with Crippen LogP contribution in [-0.4, -0.2) is 52.9 Å². The minimum atomic E-state index is -3.48. The normalized spacial score (nSPS) is 11.8. The van der Waals surface area contributed by atoms with Gasteiger partial charge in [0.1, 0.15) is 12.1 Å². The van der Waals surface area contributed by atoms with Crippen molar-refractivity contribution in [3.63, 3.8) is 0 Å². The van der Waals surface area contributed by atoms with E-state index in [-0.39, 0.29) is 10.5 Å². The number of carbonyl (C=O) groups is 2. The third-order valence-electron chi connectivity index (χ3n) is 4.04. The lowest BCUT2D eigenvalue weighted by atomic mass is 10.1. The maximum absolute atomic E-state index is 12.4. The molecule has 0 saturated heterocycles. The lowest BCUT2D eigenvalue weighted by Gasteiger charge is -2.09. The summed E-state index contributed by atoms with van der Waals surface area (Å²) in [4.78, 5) is 35.3. The number of hydrogen-bond donors (Lipinski definition) is 4. The van der Waals surface area contributed by atoms with E-state index >= 15 is 0 Å². The first-order valence-corrected chi connectivity index (χ1v) is 9.54. The Morgan fingerprint density at radius 2 is 1.93 bits per heavy atom. The third kappa shape index (κ3) is 3.29. The van der Waals surface area contributed by atoms with E-state index in [2.05, 4.69) is 10.4 Å². The Hall–Kier alpha value is -3.18. The topological polar surface area (TPSA) is 158 Å². The summed E-state index contributed by atoms with van der Waals surface area (Å²) >= 11 is 0. The van der Waals surface area contributed by atoms with Crippen LogP contribution in [0, 0.1) is 0 Å². The minimum Gasteiger partial charge on any atom is -0.480 e. The molecule has 1 aromatic carbocycles.